The third kappa shape index (κ3) is 4.06. The Morgan fingerprint density at radius 2 is 2.00 bits per heavy atom. The molecule has 1 aromatic heterocycles. The Morgan fingerprint density at radius 3 is 2.65 bits per heavy atom. The van der Waals surface area contributed by atoms with E-state index in [4.69, 9.17) is 0 Å². The molecule has 92 valence electrons. The second-order valence-electron chi connectivity index (χ2n) is 4.53. The molecule has 0 saturated heterocycles. The highest BCUT2D eigenvalue weighted by atomic mass is 16.2. The number of rotatable bonds is 2. The van der Waals surface area contributed by atoms with Crippen molar-refractivity contribution in [3.8, 4) is 0 Å². The molecule has 4 heteroatoms. The molecule has 0 spiro atoms. The van der Waals surface area contributed by atoms with Gasteiger partial charge in [-0.15, -0.1) is 0 Å². The second kappa shape index (κ2) is 6.23. The first kappa shape index (κ1) is 11.9. The van der Waals surface area contributed by atoms with E-state index in [9.17, 15) is 4.79 Å². The van der Waals surface area contributed by atoms with Crippen LogP contribution in [0.3, 0.4) is 0 Å². The van der Waals surface area contributed by atoms with Crippen molar-refractivity contribution in [2.24, 2.45) is 0 Å². The summed E-state index contributed by atoms with van der Waals surface area (Å²) in [5.41, 5.74) is 0.735. The maximum absolute atomic E-state index is 11.7. The zero-order valence-corrected chi connectivity index (χ0v) is 9.98. The van der Waals surface area contributed by atoms with Crippen LogP contribution in [0.1, 0.15) is 38.5 Å². The molecule has 1 aliphatic rings. The largest absolute Gasteiger partial charge is 0.335 e. The summed E-state index contributed by atoms with van der Waals surface area (Å²) in [5, 5.41) is 5.83. The second-order valence-corrected chi connectivity index (χ2v) is 4.53. The number of hydrogen-bond donors (Lipinski definition) is 2. The van der Waals surface area contributed by atoms with Crippen LogP contribution in [0.2, 0.25) is 0 Å². The molecule has 0 atom stereocenters. The van der Waals surface area contributed by atoms with Crippen LogP contribution in [-0.4, -0.2) is 17.1 Å². The highest BCUT2D eigenvalue weighted by Crippen LogP contribution is 2.17. The maximum atomic E-state index is 11.7. The highest BCUT2D eigenvalue weighted by Gasteiger charge is 2.14. The van der Waals surface area contributed by atoms with Gasteiger partial charge in [-0.3, -0.25) is 4.98 Å². The number of amides is 2. The number of hydrogen-bond acceptors (Lipinski definition) is 2. The first-order valence-electron chi connectivity index (χ1n) is 6.32. The predicted molar refractivity (Wildman–Crippen MR) is 67.9 cm³/mol. The first-order chi connectivity index (χ1) is 8.34. The van der Waals surface area contributed by atoms with Gasteiger partial charge in [0.25, 0.3) is 0 Å². The van der Waals surface area contributed by atoms with Crippen molar-refractivity contribution in [1.29, 1.82) is 0 Å². The average Bonchev–Trinajstić information content (AvgIpc) is 2.59. The molecule has 2 N–H and O–H groups in total. The van der Waals surface area contributed by atoms with Gasteiger partial charge in [0.1, 0.15) is 0 Å². The number of carbonyl (C=O) groups is 1. The van der Waals surface area contributed by atoms with E-state index in [1.165, 1.54) is 25.7 Å². The van der Waals surface area contributed by atoms with Crippen LogP contribution >= 0.6 is 0 Å². The SMILES string of the molecule is O=C(Nc1cccnc1)NC1CCCCCC1. The van der Waals surface area contributed by atoms with Crippen LogP contribution in [-0.2, 0) is 0 Å². The van der Waals surface area contributed by atoms with Crippen LogP contribution in [0.5, 0.6) is 0 Å². The van der Waals surface area contributed by atoms with Gasteiger partial charge in [-0.1, -0.05) is 25.7 Å². The molecule has 0 unspecified atom stereocenters. The third-order valence-corrected chi connectivity index (χ3v) is 3.11. The van der Waals surface area contributed by atoms with Crippen molar-refractivity contribution < 1.29 is 4.79 Å². The van der Waals surface area contributed by atoms with Gasteiger partial charge >= 0.3 is 6.03 Å². The Morgan fingerprint density at radius 1 is 1.24 bits per heavy atom. The Labute approximate surface area is 102 Å². The van der Waals surface area contributed by atoms with Gasteiger partial charge in [-0.05, 0) is 25.0 Å². The van der Waals surface area contributed by atoms with Crippen molar-refractivity contribution in [3.63, 3.8) is 0 Å². The topological polar surface area (TPSA) is 54.0 Å². The Hall–Kier alpha value is -1.58. The predicted octanol–water partition coefficient (Wildman–Crippen LogP) is 2.93. The zero-order chi connectivity index (χ0) is 11.9. The van der Waals surface area contributed by atoms with Gasteiger partial charge < -0.3 is 10.6 Å². The van der Waals surface area contributed by atoms with Gasteiger partial charge in [-0.2, -0.15) is 0 Å². The zero-order valence-electron chi connectivity index (χ0n) is 9.98. The van der Waals surface area contributed by atoms with Gasteiger partial charge in [-0.25, -0.2) is 4.79 Å². The summed E-state index contributed by atoms with van der Waals surface area (Å²) < 4.78 is 0. The average molecular weight is 233 g/mol. The van der Waals surface area contributed by atoms with Gasteiger partial charge in [0, 0.05) is 12.2 Å². The minimum absolute atomic E-state index is 0.120. The van der Waals surface area contributed by atoms with E-state index in [-0.39, 0.29) is 6.03 Å². The molecule has 2 amide bonds. The van der Waals surface area contributed by atoms with Crippen LogP contribution in [0, 0.1) is 0 Å². The smallest absolute Gasteiger partial charge is 0.319 e. The van der Waals surface area contributed by atoms with E-state index in [0.717, 1.165) is 18.5 Å². The first-order valence-corrected chi connectivity index (χ1v) is 6.32. The number of nitrogens with one attached hydrogen (secondary N) is 2. The lowest BCUT2D eigenvalue weighted by Crippen LogP contribution is -2.37. The molecule has 1 saturated carbocycles. The van der Waals surface area contributed by atoms with E-state index in [1.54, 1.807) is 18.5 Å². The molecule has 1 aliphatic carbocycles. The van der Waals surface area contributed by atoms with Crippen molar-refractivity contribution in [1.82, 2.24) is 10.3 Å². The van der Waals surface area contributed by atoms with E-state index in [2.05, 4.69) is 15.6 Å². The lowest BCUT2D eigenvalue weighted by molar-refractivity contribution is 0.247. The molecular formula is C13H19N3O. The number of nitrogens with zero attached hydrogens (tertiary/aromatic N) is 1. The quantitative estimate of drug-likeness (QED) is 0.772. The van der Waals surface area contributed by atoms with Crippen LogP contribution in [0.15, 0.2) is 24.5 Å². The standard InChI is InChI=1S/C13H19N3O/c17-13(16-12-8-5-9-14-10-12)15-11-6-3-1-2-4-7-11/h5,8-11H,1-4,6-7H2,(H2,15,16,17). The summed E-state index contributed by atoms with van der Waals surface area (Å²) in [5.74, 6) is 0. The van der Waals surface area contributed by atoms with Crippen molar-refractivity contribution >= 4 is 11.7 Å². The van der Waals surface area contributed by atoms with Crippen molar-refractivity contribution in [3.05, 3.63) is 24.5 Å². The molecule has 0 aromatic carbocycles. The number of pyridine rings is 1. The summed E-state index contributed by atoms with van der Waals surface area (Å²) in [4.78, 5) is 15.7. The molecule has 1 heterocycles. The minimum atomic E-state index is -0.120. The van der Waals surface area contributed by atoms with E-state index >= 15 is 0 Å². The monoisotopic (exact) mass is 233 g/mol. The van der Waals surface area contributed by atoms with Crippen molar-refractivity contribution in [2.45, 2.75) is 44.6 Å². The molecule has 17 heavy (non-hydrogen) atoms. The lowest BCUT2D eigenvalue weighted by atomic mass is 10.1. The Kier molecular flexibility index (Phi) is 4.36. The fourth-order valence-corrected chi connectivity index (χ4v) is 2.21. The summed E-state index contributed by atoms with van der Waals surface area (Å²) in [6.45, 7) is 0. The minimum Gasteiger partial charge on any atom is -0.335 e. The Bertz CT molecular complexity index is 345. The summed E-state index contributed by atoms with van der Waals surface area (Å²) in [7, 11) is 0. The highest BCUT2D eigenvalue weighted by molar-refractivity contribution is 5.89. The molecule has 0 aliphatic heterocycles. The van der Waals surface area contributed by atoms with Crippen molar-refractivity contribution in [2.75, 3.05) is 5.32 Å². The van der Waals surface area contributed by atoms with E-state index < -0.39 is 0 Å². The number of carbonyl (C=O) groups excluding carboxylic acids is 1. The summed E-state index contributed by atoms with van der Waals surface area (Å²) in [6, 6.07) is 3.85. The van der Waals surface area contributed by atoms with E-state index in [0.29, 0.717) is 6.04 Å². The summed E-state index contributed by atoms with van der Waals surface area (Å²) in [6.07, 6.45) is 10.6. The van der Waals surface area contributed by atoms with Crippen LogP contribution in [0.4, 0.5) is 10.5 Å². The number of urea groups is 1. The molecule has 2 rings (SSSR count). The van der Waals surface area contributed by atoms with E-state index in [1.807, 2.05) is 6.07 Å². The molecule has 0 bridgehead atoms. The number of aromatic nitrogens is 1. The van der Waals surface area contributed by atoms with Gasteiger partial charge in [0.05, 0.1) is 11.9 Å². The molecule has 4 nitrogen and oxygen atoms in total. The summed E-state index contributed by atoms with van der Waals surface area (Å²) >= 11 is 0. The molecular weight excluding hydrogens is 214 g/mol. The molecule has 1 aromatic rings. The van der Waals surface area contributed by atoms with Gasteiger partial charge in [0.2, 0.25) is 0 Å². The maximum Gasteiger partial charge on any atom is 0.319 e. The third-order valence-electron chi connectivity index (χ3n) is 3.11. The van der Waals surface area contributed by atoms with Crippen LogP contribution < -0.4 is 10.6 Å². The Balaban J connectivity index is 1.80. The van der Waals surface area contributed by atoms with Gasteiger partial charge in [0.15, 0.2) is 0 Å². The normalized spacial score (nSPS) is 17.2. The van der Waals surface area contributed by atoms with Crippen LogP contribution in [0.25, 0.3) is 0 Å². The fraction of sp³-hybridized carbons (Fsp3) is 0.538. The lowest BCUT2D eigenvalue weighted by Gasteiger charge is -2.16. The molecule has 1 fully saturated rings. The number of anilines is 1. The fourth-order valence-electron chi connectivity index (χ4n) is 2.21. The molecule has 0 radical (unpaired) electrons.